The summed E-state index contributed by atoms with van der Waals surface area (Å²) in [6, 6.07) is 34.1. The van der Waals surface area contributed by atoms with Gasteiger partial charge in [0.1, 0.15) is 5.75 Å². The van der Waals surface area contributed by atoms with E-state index in [1.807, 2.05) is 0 Å². The summed E-state index contributed by atoms with van der Waals surface area (Å²) in [5, 5.41) is 9.16. The number of aryl methyl sites for hydroxylation is 1. The molecule has 0 aliphatic heterocycles. The van der Waals surface area contributed by atoms with Crippen LogP contribution in [0, 0.1) is 6.92 Å². The molecule has 5 aromatic rings. The average molecular weight is 425 g/mol. The van der Waals surface area contributed by atoms with Gasteiger partial charge in [-0.1, -0.05) is 84.9 Å². The summed E-state index contributed by atoms with van der Waals surface area (Å²) in [7, 11) is -0.977. The third kappa shape index (κ3) is 3.65. The molecule has 0 saturated heterocycles. The highest BCUT2D eigenvalue weighted by Crippen LogP contribution is 2.43. The van der Waals surface area contributed by atoms with Gasteiger partial charge in [-0.05, 0) is 51.9 Å². The van der Waals surface area contributed by atoms with Crippen molar-refractivity contribution in [2.24, 2.45) is 0 Å². The van der Waals surface area contributed by atoms with E-state index in [1.165, 1.54) is 32.7 Å². The fourth-order valence-electron chi connectivity index (χ4n) is 3.76. The number of hydrogen-bond donors (Lipinski definition) is 0. The summed E-state index contributed by atoms with van der Waals surface area (Å²) >= 11 is 1.73. The molecule has 0 radical (unpaired) electrons. The molecule has 0 aliphatic carbocycles. The van der Waals surface area contributed by atoms with Crippen LogP contribution in [-0.2, 0) is 0 Å². The molecule has 5 rings (SSSR count). The molecule has 0 spiro atoms. The van der Waals surface area contributed by atoms with Crippen LogP contribution in [0.3, 0.4) is 0 Å². The van der Waals surface area contributed by atoms with E-state index in [4.69, 9.17) is 4.52 Å². The molecule has 0 fully saturated rings. The van der Waals surface area contributed by atoms with Crippen molar-refractivity contribution in [2.75, 3.05) is 0 Å². The summed E-state index contributed by atoms with van der Waals surface area (Å²) in [6.45, 7) is 2.20. The largest absolute Gasteiger partial charge is 0.464 e. The zero-order chi connectivity index (χ0) is 20.3. The normalized spacial score (nSPS) is 11.1. The zero-order valence-corrected chi connectivity index (χ0v) is 18.4. The van der Waals surface area contributed by atoms with Crippen LogP contribution in [0.15, 0.2) is 108 Å². The topological polar surface area (TPSA) is 9.23 Å². The second-order valence-electron chi connectivity index (χ2n) is 7.16. The van der Waals surface area contributed by atoms with Crippen molar-refractivity contribution in [3.05, 3.63) is 113 Å². The first kappa shape index (κ1) is 19.1. The summed E-state index contributed by atoms with van der Waals surface area (Å²) < 4.78 is 6.86. The Morgan fingerprint density at radius 3 is 1.90 bits per heavy atom. The van der Waals surface area contributed by atoms with Gasteiger partial charge in [0.15, 0.2) is 8.15 Å². The van der Waals surface area contributed by atoms with E-state index in [9.17, 15) is 0 Å². The first-order chi connectivity index (χ1) is 14.8. The van der Waals surface area contributed by atoms with Crippen molar-refractivity contribution in [2.45, 2.75) is 6.92 Å². The lowest BCUT2D eigenvalue weighted by Gasteiger charge is -2.22. The standard InChI is InChI=1S/C27H21OPS/c1-20-24-14-8-9-15-25(24)27(18-26(20)21-16-17-30-19-21)28-29(22-10-4-2-5-11-22)23-12-6-3-7-13-23/h2-19H,1H3. The molecular weight excluding hydrogens is 403 g/mol. The van der Waals surface area contributed by atoms with Gasteiger partial charge in [-0.15, -0.1) is 0 Å². The molecule has 30 heavy (non-hydrogen) atoms. The van der Waals surface area contributed by atoms with Crippen LogP contribution in [0.4, 0.5) is 0 Å². The van der Waals surface area contributed by atoms with Gasteiger partial charge >= 0.3 is 0 Å². The molecule has 1 aromatic heterocycles. The first-order valence-corrected chi connectivity index (χ1v) is 12.1. The van der Waals surface area contributed by atoms with Crippen LogP contribution < -0.4 is 15.1 Å². The van der Waals surface area contributed by atoms with Gasteiger partial charge in [0.2, 0.25) is 0 Å². The highest BCUT2D eigenvalue weighted by molar-refractivity contribution is 7.68. The van der Waals surface area contributed by atoms with Gasteiger partial charge in [0, 0.05) is 16.0 Å². The number of fused-ring (bicyclic) bond motifs is 1. The minimum Gasteiger partial charge on any atom is -0.464 e. The average Bonchev–Trinajstić information content (AvgIpc) is 3.35. The van der Waals surface area contributed by atoms with Gasteiger partial charge < -0.3 is 4.52 Å². The van der Waals surface area contributed by atoms with Crippen LogP contribution in [0.25, 0.3) is 21.9 Å². The summed E-state index contributed by atoms with van der Waals surface area (Å²) in [5.41, 5.74) is 3.78. The Morgan fingerprint density at radius 1 is 0.700 bits per heavy atom. The molecule has 1 heterocycles. The SMILES string of the molecule is Cc1c(-c2ccsc2)cc(OP(c2ccccc2)c2ccccc2)c2ccccc12. The Bertz CT molecular complexity index is 1230. The van der Waals surface area contributed by atoms with Crippen molar-refractivity contribution in [3.8, 4) is 16.9 Å². The lowest BCUT2D eigenvalue weighted by atomic mass is 9.96. The molecule has 3 heteroatoms. The summed E-state index contributed by atoms with van der Waals surface area (Å²) in [5.74, 6) is 0.941. The Labute approximate surface area is 182 Å². The molecule has 0 saturated carbocycles. The summed E-state index contributed by atoms with van der Waals surface area (Å²) in [4.78, 5) is 0. The number of hydrogen-bond acceptors (Lipinski definition) is 2. The summed E-state index contributed by atoms with van der Waals surface area (Å²) in [6.07, 6.45) is 0. The van der Waals surface area contributed by atoms with Crippen molar-refractivity contribution >= 4 is 40.9 Å². The van der Waals surface area contributed by atoms with Gasteiger partial charge in [-0.3, -0.25) is 0 Å². The fourth-order valence-corrected chi connectivity index (χ4v) is 6.16. The highest BCUT2D eigenvalue weighted by Gasteiger charge is 2.20. The minimum absolute atomic E-state index is 0.941. The first-order valence-electron chi connectivity index (χ1n) is 9.94. The maximum atomic E-state index is 6.86. The van der Waals surface area contributed by atoms with E-state index in [1.54, 1.807) is 11.3 Å². The smallest absolute Gasteiger partial charge is 0.150 e. The number of benzene rings is 4. The van der Waals surface area contributed by atoms with E-state index >= 15 is 0 Å². The van der Waals surface area contributed by atoms with Crippen molar-refractivity contribution in [1.29, 1.82) is 0 Å². The molecule has 0 aliphatic rings. The van der Waals surface area contributed by atoms with Crippen molar-refractivity contribution in [1.82, 2.24) is 0 Å². The van der Waals surface area contributed by atoms with Crippen LogP contribution >= 0.6 is 19.5 Å². The van der Waals surface area contributed by atoms with E-state index in [0.29, 0.717) is 0 Å². The number of thiophene rings is 1. The van der Waals surface area contributed by atoms with Crippen LogP contribution in [0.2, 0.25) is 0 Å². The number of rotatable bonds is 5. The van der Waals surface area contributed by atoms with Crippen LogP contribution in [0.1, 0.15) is 5.56 Å². The van der Waals surface area contributed by atoms with E-state index in [-0.39, 0.29) is 0 Å². The minimum atomic E-state index is -0.977. The second-order valence-corrected chi connectivity index (χ2v) is 9.75. The lowest BCUT2D eigenvalue weighted by Crippen LogP contribution is -2.15. The molecule has 146 valence electrons. The van der Waals surface area contributed by atoms with Crippen LogP contribution in [0.5, 0.6) is 5.75 Å². The second kappa shape index (κ2) is 8.44. The highest BCUT2D eigenvalue weighted by atomic mass is 32.1. The molecule has 0 amide bonds. The van der Waals surface area contributed by atoms with Crippen molar-refractivity contribution in [3.63, 3.8) is 0 Å². The molecule has 0 bridgehead atoms. The molecular formula is C27H21OPS. The quantitative estimate of drug-likeness (QED) is 0.269. The molecule has 4 aromatic carbocycles. The Morgan fingerprint density at radius 2 is 1.30 bits per heavy atom. The maximum Gasteiger partial charge on any atom is 0.150 e. The fraction of sp³-hybridized carbons (Fsp3) is 0.0370. The maximum absolute atomic E-state index is 6.86. The van der Waals surface area contributed by atoms with Crippen LogP contribution in [-0.4, -0.2) is 0 Å². The van der Waals surface area contributed by atoms with Gasteiger partial charge in [-0.25, -0.2) is 0 Å². The molecule has 0 atom stereocenters. The van der Waals surface area contributed by atoms with E-state index < -0.39 is 8.15 Å². The Balaban J connectivity index is 1.69. The third-order valence-corrected chi connectivity index (χ3v) is 7.88. The van der Waals surface area contributed by atoms with E-state index in [0.717, 1.165) is 11.1 Å². The predicted octanol–water partition coefficient (Wildman–Crippen LogP) is 7.30. The predicted molar refractivity (Wildman–Crippen MR) is 132 cm³/mol. The van der Waals surface area contributed by atoms with E-state index in [2.05, 4.69) is 115 Å². The lowest BCUT2D eigenvalue weighted by molar-refractivity contribution is 0.637. The van der Waals surface area contributed by atoms with Gasteiger partial charge in [0.05, 0.1) is 0 Å². The molecule has 0 unspecified atom stereocenters. The molecule has 1 nitrogen and oxygen atoms in total. The third-order valence-electron chi connectivity index (χ3n) is 5.28. The van der Waals surface area contributed by atoms with Crippen molar-refractivity contribution < 1.29 is 4.52 Å². The monoisotopic (exact) mass is 424 g/mol. The van der Waals surface area contributed by atoms with Gasteiger partial charge in [-0.2, -0.15) is 11.3 Å². The molecule has 0 N–H and O–H groups in total. The van der Waals surface area contributed by atoms with Gasteiger partial charge in [0.25, 0.3) is 0 Å². The Hall–Kier alpha value is -2.93. The zero-order valence-electron chi connectivity index (χ0n) is 16.7. The Kier molecular flexibility index (Phi) is 5.36.